The maximum atomic E-state index is 13.1. The Hall–Kier alpha value is -4.62. The number of allylic oxidation sites excluding steroid dienone is 2. The van der Waals surface area contributed by atoms with Crippen LogP contribution in [0.2, 0.25) is 0 Å². The molecule has 0 saturated heterocycles. The van der Waals surface area contributed by atoms with Crippen LogP contribution in [0.25, 0.3) is 5.57 Å². The van der Waals surface area contributed by atoms with Crippen LogP contribution in [0.3, 0.4) is 0 Å². The van der Waals surface area contributed by atoms with Crippen LogP contribution in [0.1, 0.15) is 94.8 Å². The Morgan fingerprint density at radius 2 is 1.43 bits per heavy atom. The topological polar surface area (TPSA) is 69.5 Å². The van der Waals surface area contributed by atoms with E-state index in [1.165, 1.54) is 42.7 Å². The molecule has 0 aromatic heterocycles. The van der Waals surface area contributed by atoms with E-state index >= 15 is 0 Å². The zero-order valence-corrected chi connectivity index (χ0v) is 30.2. The molecule has 0 aliphatic carbocycles. The van der Waals surface area contributed by atoms with Crippen molar-refractivity contribution in [1.29, 1.82) is 0 Å². The highest BCUT2D eigenvalue weighted by Crippen LogP contribution is 2.34. The van der Waals surface area contributed by atoms with Crippen molar-refractivity contribution in [2.45, 2.75) is 72.6 Å². The molecule has 1 atom stereocenters. The van der Waals surface area contributed by atoms with Crippen molar-refractivity contribution < 1.29 is 28.7 Å². The summed E-state index contributed by atoms with van der Waals surface area (Å²) in [5.74, 6) is 0.690. The van der Waals surface area contributed by atoms with E-state index in [0.29, 0.717) is 40.5 Å². The predicted molar refractivity (Wildman–Crippen MR) is 198 cm³/mol. The van der Waals surface area contributed by atoms with Gasteiger partial charge < -0.3 is 24.0 Å². The number of benzene rings is 3. The number of carbonyl (C=O) groups excluding carboxylic acids is 2. The second-order valence-corrected chi connectivity index (χ2v) is 13.1. The Labute approximate surface area is 292 Å². The molecule has 0 saturated carbocycles. The molecule has 1 aliphatic heterocycles. The molecule has 4 rings (SSSR count). The van der Waals surface area contributed by atoms with Crippen LogP contribution in [0.4, 0.5) is 0 Å². The molecular weight excluding hydrogens is 612 g/mol. The molecule has 0 bridgehead atoms. The minimum atomic E-state index is -0.466. The third kappa shape index (κ3) is 10.7. The first-order valence-corrected chi connectivity index (χ1v) is 17.5. The zero-order chi connectivity index (χ0) is 35.3. The Morgan fingerprint density at radius 1 is 0.816 bits per heavy atom. The largest absolute Gasteiger partial charge is 0.488 e. The van der Waals surface area contributed by atoms with Gasteiger partial charge in [-0.05, 0) is 110 Å². The number of ether oxygens (including phenoxy) is 3. The summed E-state index contributed by atoms with van der Waals surface area (Å²) in [5, 5.41) is 0. The number of rotatable bonds is 17. The number of carbonyl (C=O) groups is 2. The Balaban J connectivity index is 1.28. The molecule has 3 aromatic rings. The average molecular weight is 666 g/mol. The third-order valence-corrected chi connectivity index (χ3v) is 9.10. The Kier molecular flexibility index (Phi) is 13.8. The van der Waals surface area contributed by atoms with Gasteiger partial charge in [-0.1, -0.05) is 57.7 Å². The smallest absolute Gasteiger partial charge is 0.343 e. The summed E-state index contributed by atoms with van der Waals surface area (Å²) in [6.07, 6.45) is 14.9. The number of unbranched alkanes of at least 4 members (excludes halogenated alkanes) is 5. The molecule has 0 fully saturated rings. The van der Waals surface area contributed by atoms with E-state index in [0.717, 1.165) is 48.2 Å². The molecule has 1 aliphatic rings. The summed E-state index contributed by atoms with van der Waals surface area (Å²) < 4.78 is 17.6. The fourth-order valence-electron chi connectivity index (χ4n) is 5.78. The van der Waals surface area contributed by atoms with Crippen molar-refractivity contribution >= 4 is 17.5 Å². The normalized spacial score (nSPS) is 13.8. The highest BCUT2D eigenvalue weighted by molar-refractivity contribution is 5.93. The molecule has 0 spiro atoms. The first-order chi connectivity index (χ1) is 23.6. The van der Waals surface area contributed by atoms with Crippen LogP contribution < -0.4 is 19.1 Å². The molecule has 1 unspecified atom stereocenters. The average Bonchev–Trinajstić information content (AvgIpc) is 3.10. The lowest BCUT2D eigenvalue weighted by molar-refractivity contribution is -0.841. The van der Waals surface area contributed by atoms with E-state index in [9.17, 15) is 9.59 Å². The van der Waals surface area contributed by atoms with Gasteiger partial charge in [-0.3, -0.25) is 0 Å². The predicted octanol–water partition coefficient (Wildman–Crippen LogP) is 8.05. The van der Waals surface area contributed by atoms with Crippen LogP contribution in [0.5, 0.6) is 17.2 Å². The number of quaternary nitrogens is 1. The van der Waals surface area contributed by atoms with Gasteiger partial charge in [0.1, 0.15) is 36.9 Å². The lowest BCUT2D eigenvalue weighted by Crippen LogP contribution is -3.08. The lowest BCUT2D eigenvalue weighted by Gasteiger charge is -2.21. The fourth-order valence-corrected chi connectivity index (χ4v) is 5.78. The summed E-state index contributed by atoms with van der Waals surface area (Å²) in [6.45, 7) is 14.4. The SMILES string of the molecule is C=C(CCCCCCCC)c1ccc(C(=O)Oc2cc(C)c(OC(=O)c3ccc(OCC[NH+]4C=CC(N(C)C)=CC4)cc3)c(C)c2C)cc1. The Bertz CT molecular complexity index is 1650. The van der Waals surface area contributed by atoms with Crippen LogP contribution in [0, 0.1) is 20.8 Å². The number of hydrogen-bond donors (Lipinski definition) is 1. The fraction of sp³-hybridized carbons (Fsp3) is 0.381. The quantitative estimate of drug-likeness (QED) is 0.0894. The molecule has 1 heterocycles. The molecular formula is C42H53N2O5+. The van der Waals surface area contributed by atoms with Gasteiger partial charge in [-0.15, -0.1) is 0 Å². The molecule has 260 valence electrons. The van der Waals surface area contributed by atoms with Gasteiger partial charge in [0.25, 0.3) is 0 Å². The summed E-state index contributed by atoms with van der Waals surface area (Å²) >= 11 is 0. The second-order valence-electron chi connectivity index (χ2n) is 13.1. The van der Waals surface area contributed by atoms with E-state index in [1.54, 1.807) is 42.5 Å². The van der Waals surface area contributed by atoms with Gasteiger partial charge in [0, 0.05) is 25.9 Å². The number of hydrogen-bond acceptors (Lipinski definition) is 6. The number of likely N-dealkylation sites (N-methyl/N-ethyl adjacent to an activating group) is 1. The van der Waals surface area contributed by atoms with Crippen LogP contribution in [0.15, 0.2) is 85.2 Å². The molecule has 7 nitrogen and oxygen atoms in total. The lowest BCUT2D eigenvalue weighted by atomic mass is 9.99. The van der Waals surface area contributed by atoms with Crippen molar-refractivity contribution in [2.24, 2.45) is 0 Å². The Morgan fingerprint density at radius 3 is 2.06 bits per heavy atom. The molecule has 1 N–H and O–H groups in total. The number of nitrogens with one attached hydrogen (secondary N) is 1. The van der Waals surface area contributed by atoms with Crippen molar-refractivity contribution in [2.75, 3.05) is 33.8 Å². The van der Waals surface area contributed by atoms with Crippen LogP contribution in [-0.4, -0.2) is 50.6 Å². The molecule has 49 heavy (non-hydrogen) atoms. The van der Waals surface area contributed by atoms with Gasteiger partial charge in [0.15, 0.2) is 0 Å². The van der Waals surface area contributed by atoms with Gasteiger partial charge in [-0.25, -0.2) is 9.59 Å². The van der Waals surface area contributed by atoms with Gasteiger partial charge in [0.2, 0.25) is 0 Å². The van der Waals surface area contributed by atoms with Crippen LogP contribution in [-0.2, 0) is 0 Å². The summed E-state index contributed by atoms with van der Waals surface area (Å²) in [4.78, 5) is 29.6. The van der Waals surface area contributed by atoms with Crippen LogP contribution >= 0.6 is 0 Å². The second kappa shape index (κ2) is 18.2. The monoisotopic (exact) mass is 665 g/mol. The maximum absolute atomic E-state index is 13.1. The highest BCUT2D eigenvalue weighted by Gasteiger charge is 2.19. The standard InChI is InChI=1S/C42H52N2O5/c1-8-9-10-11-12-13-14-30(2)34-15-17-35(18-16-34)41(45)48-39-29-31(3)40(33(5)32(39)4)49-42(46)36-19-21-38(22-20-36)47-28-27-44-25-23-37(24-26-44)43(6)7/h15-25,29H,2,8-14,26-28H2,1,3-7H3/p+1. The number of esters is 2. The van der Waals surface area contributed by atoms with Crippen molar-refractivity contribution in [3.63, 3.8) is 0 Å². The first kappa shape index (κ1) is 37.2. The van der Waals surface area contributed by atoms with Gasteiger partial charge in [-0.2, -0.15) is 0 Å². The van der Waals surface area contributed by atoms with E-state index < -0.39 is 11.9 Å². The minimum Gasteiger partial charge on any atom is -0.488 e. The minimum absolute atomic E-state index is 0.420. The van der Waals surface area contributed by atoms with Gasteiger partial charge >= 0.3 is 11.9 Å². The molecule has 3 aromatic carbocycles. The van der Waals surface area contributed by atoms with E-state index in [1.807, 2.05) is 47.0 Å². The molecule has 0 amide bonds. The maximum Gasteiger partial charge on any atom is 0.343 e. The zero-order valence-electron chi connectivity index (χ0n) is 30.2. The summed E-state index contributed by atoms with van der Waals surface area (Å²) in [6, 6.07) is 16.2. The first-order valence-electron chi connectivity index (χ1n) is 17.5. The van der Waals surface area contributed by atoms with E-state index in [4.69, 9.17) is 14.2 Å². The summed E-state index contributed by atoms with van der Waals surface area (Å²) in [7, 11) is 4.08. The number of aryl methyl sites for hydroxylation is 1. The number of nitrogens with zero attached hydrogens (tertiary/aromatic N) is 1. The molecule has 7 heteroatoms. The van der Waals surface area contributed by atoms with Crippen molar-refractivity contribution in [3.05, 3.63) is 119 Å². The van der Waals surface area contributed by atoms with Crippen molar-refractivity contribution in [1.82, 2.24) is 4.90 Å². The van der Waals surface area contributed by atoms with Gasteiger partial charge in [0.05, 0.1) is 17.3 Å². The molecule has 0 radical (unpaired) electrons. The van der Waals surface area contributed by atoms with E-state index in [-0.39, 0.29) is 0 Å². The van der Waals surface area contributed by atoms with E-state index in [2.05, 4.69) is 36.8 Å². The third-order valence-electron chi connectivity index (χ3n) is 9.10. The highest BCUT2D eigenvalue weighted by atomic mass is 16.5. The van der Waals surface area contributed by atoms with Crippen molar-refractivity contribution in [3.8, 4) is 17.2 Å². The summed E-state index contributed by atoms with van der Waals surface area (Å²) in [5.41, 5.74) is 6.40.